The Labute approximate surface area is 198 Å². The van der Waals surface area contributed by atoms with Crippen LogP contribution >= 0.6 is 0 Å². The van der Waals surface area contributed by atoms with Crippen molar-refractivity contribution in [3.63, 3.8) is 0 Å². The molecule has 0 aliphatic heterocycles. The van der Waals surface area contributed by atoms with Gasteiger partial charge < -0.3 is 19.0 Å². The molecule has 0 N–H and O–H groups in total. The van der Waals surface area contributed by atoms with E-state index >= 15 is 0 Å². The average Bonchev–Trinajstić information content (AvgIpc) is 2.79. The van der Waals surface area contributed by atoms with Crippen molar-refractivity contribution in [2.75, 3.05) is 20.8 Å². The van der Waals surface area contributed by atoms with Crippen LogP contribution in [-0.2, 0) is 28.6 Å². The van der Waals surface area contributed by atoms with Gasteiger partial charge in [0.25, 0.3) is 0 Å². The number of methoxy groups -OCH3 is 2. The van der Waals surface area contributed by atoms with Crippen molar-refractivity contribution in [3.05, 3.63) is 47.8 Å². The zero-order chi connectivity index (χ0) is 25.2. The summed E-state index contributed by atoms with van der Waals surface area (Å²) in [4.78, 5) is 37.5. The first-order valence-corrected chi connectivity index (χ1v) is 11.3. The molecule has 0 aromatic rings. The van der Waals surface area contributed by atoms with Gasteiger partial charge >= 0.3 is 5.97 Å². The number of esters is 1. The fourth-order valence-corrected chi connectivity index (χ4v) is 4.02. The molecule has 1 rings (SSSR count). The Morgan fingerprint density at radius 2 is 1.88 bits per heavy atom. The lowest BCUT2D eigenvalue weighted by Crippen LogP contribution is -2.35. The lowest BCUT2D eigenvalue weighted by atomic mass is 9.66. The third-order valence-electron chi connectivity index (χ3n) is 6.02. The Morgan fingerprint density at radius 3 is 2.42 bits per heavy atom. The molecule has 0 aromatic heterocycles. The third kappa shape index (κ3) is 9.22. The predicted octanol–water partition coefficient (Wildman–Crippen LogP) is 5.14. The smallest absolute Gasteiger partial charge is 0.335 e. The lowest BCUT2D eigenvalue weighted by molar-refractivity contribution is -0.132. The van der Waals surface area contributed by atoms with E-state index in [4.69, 9.17) is 14.2 Å². The van der Waals surface area contributed by atoms with E-state index in [-0.39, 0.29) is 30.5 Å². The maximum absolute atomic E-state index is 13.4. The molecule has 3 unspecified atom stereocenters. The standard InChI is InChI=1S/C27H40O6/c1-19(2)16-24(29)33-15-11-23-22(17-20(3)28)25(30)21(18-31-7)10-14-27(23,6)13-9-12-26(4,5)32-8/h9-12,15-16,22-23H,13-14,17-18H2,1-8H3. The minimum atomic E-state index is -0.571. The van der Waals surface area contributed by atoms with Crippen LogP contribution in [0.2, 0.25) is 0 Å². The molecular weight excluding hydrogens is 420 g/mol. The zero-order valence-corrected chi connectivity index (χ0v) is 21.4. The first kappa shape index (κ1) is 28.7. The number of hydrogen-bond acceptors (Lipinski definition) is 6. The Bertz CT molecular complexity index is 826. The van der Waals surface area contributed by atoms with E-state index in [1.54, 1.807) is 20.3 Å². The molecule has 33 heavy (non-hydrogen) atoms. The summed E-state index contributed by atoms with van der Waals surface area (Å²) < 4.78 is 16.0. The topological polar surface area (TPSA) is 78.9 Å². The van der Waals surface area contributed by atoms with E-state index in [2.05, 4.69) is 13.0 Å². The van der Waals surface area contributed by atoms with Crippen molar-refractivity contribution in [1.82, 2.24) is 0 Å². The molecule has 0 fully saturated rings. The van der Waals surface area contributed by atoms with Gasteiger partial charge in [-0.3, -0.25) is 4.79 Å². The molecule has 0 amide bonds. The number of carbonyl (C=O) groups excluding carboxylic acids is 3. The van der Waals surface area contributed by atoms with E-state index in [1.807, 2.05) is 39.8 Å². The predicted molar refractivity (Wildman–Crippen MR) is 129 cm³/mol. The minimum absolute atomic E-state index is 0.0645. The first-order chi connectivity index (χ1) is 15.3. The number of rotatable bonds is 11. The summed E-state index contributed by atoms with van der Waals surface area (Å²) in [5.41, 5.74) is 0.591. The van der Waals surface area contributed by atoms with Crippen LogP contribution in [0.25, 0.3) is 0 Å². The maximum Gasteiger partial charge on any atom is 0.335 e. The highest BCUT2D eigenvalue weighted by Gasteiger charge is 2.43. The molecule has 1 aliphatic carbocycles. The monoisotopic (exact) mass is 460 g/mol. The van der Waals surface area contributed by atoms with E-state index in [1.165, 1.54) is 19.3 Å². The summed E-state index contributed by atoms with van der Waals surface area (Å²) >= 11 is 0. The van der Waals surface area contributed by atoms with Gasteiger partial charge in [-0.1, -0.05) is 30.7 Å². The molecule has 0 aromatic carbocycles. The number of allylic oxidation sites excluding steroid dienone is 4. The summed E-state index contributed by atoms with van der Waals surface area (Å²) in [5.74, 6) is -1.53. The Kier molecular flexibility index (Phi) is 11.1. The fraction of sp³-hybridized carbons (Fsp3) is 0.593. The number of ketones is 2. The molecule has 0 heterocycles. The molecule has 184 valence electrons. The zero-order valence-electron chi connectivity index (χ0n) is 21.4. The molecule has 0 spiro atoms. The molecule has 6 nitrogen and oxygen atoms in total. The van der Waals surface area contributed by atoms with Gasteiger partial charge in [0.05, 0.1) is 18.5 Å². The van der Waals surface area contributed by atoms with Crippen LogP contribution in [0.15, 0.2) is 47.8 Å². The molecule has 3 atom stereocenters. The summed E-state index contributed by atoms with van der Waals surface area (Å²) in [5, 5.41) is 0. The van der Waals surface area contributed by atoms with Gasteiger partial charge in [0.15, 0.2) is 5.78 Å². The first-order valence-electron chi connectivity index (χ1n) is 11.3. The second-order valence-corrected chi connectivity index (χ2v) is 9.82. The van der Waals surface area contributed by atoms with Crippen molar-refractivity contribution in [2.45, 2.75) is 66.4 Å². The molecule has 0 saturated heterocycles. The Balaban J connectivity index is 3.42. The summed E-state index contributed by atoms with van der Waals surface area (Å²) in [7, 11) is 3.21. The second-order valence-electron chi connectivity index (χ2n) is 9.82. The molecule has 6 heteroatoms. The number of ether oxygens (including phenoxy) is 3. The van der Waals surface area contributed by atoms with Crippen LogP contribution in [0.3, 0.4) is 0 Å². The van der Waals surface area contributed by atoms with Gasteiger partial charge in [-0.15, -0.1) is 0 Å². The number of carbonyl (C=O) groups is 3. The molecule has 0 radical (unpaired) electrons. The maximum atomic E-state index is 13.4. The van der Waals surface area contributed by atoms with Gasteiger partial charge in [-0.25, -0.2) is 4.79 Å². The second kappa shape index (κ2) is 12.8. The van der Waals surface area contributed by atoms with Crippen LogP contribution in [0.4, 0.5) is 0 Å². The van der Waals surface area contributed by atoms with E-state index < -0.39 is 22.9 Å². The molecule has 0 saturated carbocycles. The van der Waals surface area contributed by atoms with Crippen molar-refractivity contribution in [3.8, 4) is 0 Å². The van der Waals surface area contributed by atoms with Gasteiger partial charge in [-0.2, -0.15) is 0 Å². The third-order valence-corrected chi connectivity index (χ3v) is 6.02. The Morgan fingerprint density at radius 1 is 1.21 bits per heavy atom. The van der Waals surface area contributed by atoms with Crippen LogP contribution < -0.4 is 0 Å². The fourth-order valence-electron chi connectivity index (χ4n) is 4.02. The van der Waals surface area contributed by atoms with Crippen LogP contribution in [0.1, 0.15) is 60.8 Å². The summed E-state index contributed by atoms with van der Waals surface area (Å²) in [6.45, 7) is 11.3. The van der Waals surface area contributed by atoms with E-state index in [9.17, 15) is 14.4 Å². The quantitative estimate of drug-likeness (QED) is 0.184. The number of hydrogen-bond donors (Lipinski definition) is 0. The van der Waals surface area contributed by atoms with Gasteiger partial charge in [0.1, 0.15) is 5.78 Å². The van der Waals surface area contributed by atoms with E-state index in [0.717, 1.165) is 5.57 Å². The van der Waals surface area contributed by atoms with Gasteiger partial charge in [-0.05, 0) is 64.9 Å². The molecule has 1 aliphatic rings. The van der Waals surface area contributed by atoms with Crippen molar-refractivity contribution in [1.29, 1.82) is 0 Å². The van der Waals surface area contributed by atoms with E-state index in [0.29, 0.717) is 18.4 Å². The van der Waals surface area contributed by atoms with Crippen LogP contribution in [0.5, 0.6) is 0 Å². The summed E-state index contributed by atoms with van der Waals surface area (Å²) in [6, 6.07) is 0. The van der Waals surface area contributed by atoms with Crippen LogP contribution in [-0.4, -0.2) is 44.0 Å². The highest BCUT2D eigenvalue weighted by Crippen LogP contribution is 2.46. The van der Waals surface area contributed by atoms with Gasteiger partial charge in [0, 0.05) is 38.2 Å². The Hall–Kier alpha value is -2.31. The van der Waals surface area contributed by atoms with Crippen molar-refractivity contribution < 1.29 is 28.6 Å². The normalized spacial score (nSPS) is 24.0. The largest absolute Gasteiger partial charge is 0.432 e. The number of Topliss-reactive ketones (excluding diaryl/α,β-unsaturated/α-hetero) is 2. The SMILES string of the molecule is COCC1=CCC(C)(CC=CC(C)(C)OC)C(C=COC(=O)C=C(C)C)C(CC(C)=O)C1=O. The van der Waals surface area contributed by atoms with Gasteiger partial charge in [0.2, 0.25) is 0 Å². The van der Waals surface area contributed by atoms with Crippen molar-refractivity contribution >= 4 is 17.5 Å². The lowest BCUT2D eigenvalue weighted by Gasteiger charge is -2.37. The average molecular weight is 461 g/mol. The molecule has 0 bridgehead atoms. The van der Waals surface area contributed by atoms with Crippen LogP contribution in [0, 0.1) is 17.3 Å². The van der Waals surface area contributed by atoms with Crippen molar-refractivity contribution in [2.24, 2.45) is 17.3 Å². The summed E-state index contributed by atoms with van der Waals surface area (Å²) in [6.07, 6.45) is 11.9. The highest BCUT2D eigenvalue weighted by molar-refractivity contribution is 6.00. The minimum Gasteiger partial charge on any atom is -0.432 e. The molecular formula is C27H40O6. The highest BCUT2D eigenvalue weighted by atomic mass is 16.5.